The molecule has 0 fully saturated rings. The van der Waals surface area contributed by atoms with Crippen molar-refractivity contribution in [3.63, 3.8) is 0 Å². The van der Waals surface area contributed by atoms with Crippen LogP contribution in [0.25, 0.3) is 0 Å². The Morgan fingerprint density at radius 1 is 1.17 bits per heavy atom. The monoisotopic (exact) mass is 431 g/mol. The number of carbonyl (C=O) groups excluding carboxylic acids is 3. The molecular formula is C22H25NO6S. The van der Waals surface area contributed by atoms with Crippen molar-refractivity contribution in [1.82, 2.24) is 0 Å². The average Bonchev–Trinajstić information content (AvgIpc) is 3.07. The fourth-order valence-corrected chi connectivity index (χ4v) is 4.64. The number of fused-ring (bicyclic) bond motifs is 1. The Balaban J connectivity index is 1.67. The lowest BCUT2D eigenvalue weighted by molar-refractivity contribution is -0.152. The van der Waals surface area contributed by atoms with Crippen molar-refractivity contribution >= 4 is 34.2 Å². The number of nitrogens with one attached hydrogen (secondary N) is 1. The third kappa shape index (κ3) is 5.18. The van der Waals surface area contributed by atoms with Crippen molar-refractivity contribution in [2.24, 2.45) is 0 Å². The fraction of sp³-hybridized carbons (Fsp3) is 0.409. The highest BCUT2D eigenvalue weighted by atomic mass is 32.1. The summed E-state index contributed by atoms with van der Waals surface area (Å²) in [6.45, 7) is 3.48. The van der Waals surface area contributed by atoms with Gasteiger partial charge in [0.25, 0.3) is 5.91 Å². The van der Waals surface area contributed by atoms with Gasteiger partial charge in [-0.2, -0.15) is 0 Å². The lowest BCUT2D eigenvalue weighted by Crippen LogP contribution is -2.30. The van der Waals surface area contributed by atoms with Crippen molar-refractivity contribution in [2.45, 2.75) is 52.1 Å². The van der Waals surface area contributed by atoms with Crippen LogP contribution in [0, 0.1) is 0 Å². The van der Waals surface area contributed by atoms with Crippen LogP contribution < -0.4 is 5.32 Å². The van der Waals surface area contributed by atoms with E-state index in [2.05, 4.69) is 5.32 Å². The van der Waals surface area contributed by atoms with E-state index in [9.17, 15) is 19.5 Å². The third-order valence-electron chi connectivity index (χ3n) is 4.85. The first kappa shape index (κ1) is 21.8. The molecule has 0 spiro atoms. The maximum absolute atomic E-state index is 12.6. The molecule has 3 rings (SSSR count). The normalized spacial score (nSPS) is 13.8. The standard InChI is InChI=1S/C22H25NO6S/c1-3-28-22(27)19-16-6-4-5-7-17(16)30-21(19)23-20(26)13(2)29-18(25)12-14-8-10-15(24)11-9-14/h8-11,13,24H,3-7,12H2,1-2H3,(H,23,26)/t13-/m1/s1. The summed E-state index contributed by atoms with van der Waals surface area (Å²) >= 11 is 1.39. The average molecular weight is 432 g/mol. The van der Waals surface area contributed by atoms with Crippen molar-refractivity contribution in [3.05, 3.63) is 45.8 Å². The lowest BCUT2D eigenvalue weighted by Gasteiger charge is -2.14. The van der Waals surface area contributed by atoms with E-state index in [0.29, 0.717) is 16.1 Å². The molecule has 1 amide bonds. The number of carbonyl (C=O) groups is 3. The Morgan fingerprint density at radius 2 is 1.87 bits per heavy atom. The van der Waals surface area contributed by atoms with Gasteiger partial charge in [-0.1, -0.05) is 12.1 Å². The number of aromatic hydroxyl groups is 1. The van der Waals surface area contributed by atoms with Crippen LogP contribution >= 0.6 is 11.3 Å². The highest BCUT2D eigenvalue weighted by Crippen LogP contribution is 2.38. The molecule has 0 unspecified atom stereocenters. The number of hydrogen-bond donors (Lipinski definition) is 2. The molecule has 1 aromatic carbocycles. The lowest BCUT2D eigenvalue weighted by atomic mass is 9.95. The summed E-state index contributed by atoms with van der Waals surface area (Å²) < 4.78 is 10.4. The van der Waals surface area contributed by atoms with Crippen LogP contribution in [0.1, 0.15) is 53.1 Å². The van der Waals surface area contributed by atoms with E-state index in [0.717, 1.165) is 36.1 Å². The first-order chi connectivity index (χ1) is 14.4. The Morgan fingerprint density at radius 3 is 2.57 bits per heavy atom. The first-order valence-corrected chi connectivity index (χ1v) is 10.8. The smallest absolute Gasteiger partial charge is 0.341 e. The van der Waals surface area contributed by atoms with Gasteiger partial charge < -0.3 is 19.9 Å². The van der Waals surface area contributed by atoms with Gasteiger partial charge in [0, 0.05) is 4.88 Å². The minimum Gasteiger partial charge on any atom is -0.508 e. The van der Waals surface area contributed by atoms with Crippen LogP contribution in [-0.2, 0) is 38.3 Å². The second-order valence-electron chi connectivity index (χ2n) is 7.10. The third-order valence-corrected chi connectivity index (χ3v) is 6.06. The molecule has 1 aromatic heterocycles. The number of aryl methyl sites for hydroxylation is 1. The van der Waals surface area contributed by atoms with Gasteiger partial charge in [0.05, 0.1) is 18.6 Å². The SMILES string of the molecule is CCOC(=O)c1c(NC(=O)[C@@H](C)OC(=O)Cc2ccc(O)cc2)sc2c1CCCC2. The van der Waals surface area contributed by atoms with Crippen LogP contribution in [0.4, 0.5) is 5.00 Å². The van der Waals surface area contributed by atoms with Crippen molar-refractivity contribution in [1.29, 1.82) is 0 Å². The van der Waals surface area contributed by atoms with Gasteiger partial charge in [-0.3, -0.25) is 9.59 Å². The zero-order valence-electron chi connectivity index (χ0n) is 17.0. The van der Waals surface area contributed by atoms with Gasteiger partial charge in [0.2, 0.25) is 0 Å². The zero-order valence-corrected chi connectivity index (χ0v) is 17.8. The topological polar surface area (TPSA) is 102 Å². The summed E-state index contributed by atoms with van der Waals surface area (Å²) in [5, 5.41) is 12.5. The number of thiophene rings is 1. The maximum atomic E-state index is 12.6. The highest BCUT2D eigenvalue weighted by Gasteiger charge is 2.28. The quantitative estimate of drug-likeness (QED) is 0.649. The van der Waals surface area contributed by atoms with Crippen LogP contribution in [0.5, 0.6) is 5.75 Å². The second-order valence-corrected chi connectivity index (χ2v) is 8.21. The molecule has 0 radical (unpaired) electrons. The van der Waals surface area contributed by atoms with Gasteiger partial charge in [-0.05, 0) is 62.8 Å². The Labute approximate surface area is 179 Å². The molecule has 8 heteroatoms. The summed E-state index contributed by atoms with van der Waals surface area (Å²) in [6.07, 6.45) is 2.67. The van der Waals surface area contributed by atoms with Crippen LogP contribution in [-0.4, -0.2) is 35.7 Å². The van der Waals surface area contributed by atoms with Gasteiger partial charge in [-0.15, -0.1) is 11.3 Å². The molecule has 2 aromatic rings. The number of ether oxygens (including phenoxy) is 2. The second kappa shape index (κ2) is 9.75. The van der Waals surface area contributed by atoms with Gasteiger partial charge in [0.15, 0.2) is 6.10 Å². The van der Waals surface area contributed by atoms with E-state index >= 15 is 0 Å². The predicted octanol–water partition coefficient (Wildman–Crippen LogP) is 3.62. The fourth-order valence-electron chi connectivity index (χ4n) is 3.36. The molecule has 1 aliphatic rings. The summed E-state index contributed by atoms with van der Waals surface area (Å²) in [4.78, 5) is 38.4. The molecule has 0 aliphatic heterocycles. The predicted molar refractivity (Wildman–Crippen MR) is 113 cm³/mol. The highest BCUT2D eigenvalue weighted by molar-refractivity contribution is 7.17. The number of hydrogen-bond acceptors (Lipinski definition) is 7. The number of esters is 2. The molecule has 1 atom stereocenters. The molecule has 1 aliphatic carbocycles. The molecule has 30 heavy (non-hydrogen) atoms. The van der Waals surface area contributed by atoms with Crippen LogP contribution in [0.3, 0.4) is 0 Å². The Kier molecular flexibility index (Phi) is 7.10. The molecule has 160 valence electrons. The summed E-state index contributed by atoms with van der Waals surface area (Å²) in [7, 11) is 0. The number of rotatable bonds is 7. The van der Waals surface area contributed by atoms with E-state index in [1.807, 2.05) is 0 Å². The number of phenolic OH excluding ortho intramolecular Hbond substituents is 1. The number of phenols is 1. The summed E-state index contributed by atoms with van der Waals surface area (Å²) in [6, 6.07) is 6.19. The van der Waals surface area contributed by atoms with E-state index in [4.69, 9.17) is 9.47 Å². The molecule has 0 saturated heterocycles. The van der Waals surface area contributed by atoms with Crippen molar-refractivity contribution in [3.8, 4) is 5.75 Å². The molecular weight excluding hydrogens is 406 g/mol. The Hall–Kier alpha value is -2.87. The van der Waals surface area contributed by atoms with Crippen LogP contribution in [0.2, 0.25) is 0 Å². The summed E-state index contributed by atoms with van der Waals surface area (Å²) in [5.74, 6) is -1.39. The van der Waals surface area contributed by atoms with Crippen molar-refractivity contribution in [2.75, 3.05) is 11.9 Å². The minimum atomic E-state index is -1.02. The first-order valence-electron chi connectivity index (χ1n) is 9.99. The molecule has 1 heterocycles. The van der Waals surface area contributed by atoms with E-state index in [1.54, 1.807) is 19.1 Å². The molecule has 0 bridgehead atoms. The number of benzene rings is 1. The van der Waals surface area contributed by atoms with E-state index < -0.39 is 23.9 Å². The molecule has 7 nitrogen and oxygen atoms in total. The largest absolute Gasteiger partial charge is 0.508 e. The van der Waals surface area contributed by atoms with Crippen LogP contribution in [0.15, 0.2) is 24.3 Å². The van der Waals surface area contributed by atoms with E-state index in [-0.39, 0.29) is 18.8 Å². The van der Waals surface area contributed by atoms with Gasteiger partial charge in [0.1, 0.15) is 10.8 Å². The van der Waals surface area contributed by atoms with Gasteiger partial charge in [-0.25, -0.2) is 4.79 Å². The Bertz CT molecular complexity index is 934. The van der Waals surface area contributed by atoms with E-state index in [1.165, 1.54) is 30.4 Å². The number of anilines is 1. The van der Waals surface area contributed by atoms with Crippen molar-refractivity contribution < 1.29 is 29.0 Å². The molecule has 2 N–H and O–H groups in total. The summed E-state index contributed by atoms with van der Waals surface area (Å²) in [5.41, 5.74) is 2.05. The zero-order chi connectivity index (χ0) is 21.7. The maximum Gasteiger partial charge on any atom is 0.341 e. The van der Waals surface area contributed by atoms with Gasteiger partial charge >= 0.3 is 11.9 Å². The molecule has 0 saturated carbocycles. The number of amides is 1. The minimum absolute atomic E-state index is 0.0146.